The molecule has 2 atom stereocenters. The zero-order valence-electron chi connectivity index (χ0n) is 16.5. The number of aromatic amines is 1. The van der Waals surface area contributed by atoms with Gasteiger partial charge in [0, 0.05) is 18.9 Å². The molecule has 0 saturated heterocycles. The lowest BCUT2D eigenvalue weighted by molar-refractivity contribution is -0.0344. The van der Waals surface area contributed by atoms with Gasteiger partial charge >= 0.3 is 11.8 Å². The van der Waals surface area contributed by atoms with Crippen LogP contribution in [0, 0.1) is 6.92 Å². The second kappa shape index (κ2) is 12.2. The van der Waals surface area contributed by atoms with Gasteiger partial charge in [0.1, 0.15) is 19.3 Å². The summed E-state index contributed by atoms with van der Waals surface area (Å²) in [5.41, 5.74) is -0.646. The number of rotatable bonds is 12. The van der Waals surface area contributed by atoms with Gasteiger partial charge in [-0.2, -0.15) is 0 Å². The lowest BCUT2D eigenvalue weighted by Crippen LogP contribution is -2.33. The summed E-state index contributed by atoms with van der Waals surface area (Å²) in [6.07, 6.45) is 2.64. The third-order valence-electron chi connectivity index (χ3n) is 3.84. The van der Waals surface area contributed by atoms with Crippen LogP contribution in [0.5, 0.6) is 0 Å². The summed E-state index contributed by atoms with van der Waals surface area (Å²) in [6.45, 7) is 3.62. The Morgan fingerprint density at radius 2 is 1.76 bits per heavy atom. The molecule has 1 aliphatic heterocycles. The molecule has 0 aromatic carbocycles. The van der Waals surface area contributed by atoms with Gasteiger partial charge in [-0.25, -0.2) is 9.59 Å². The number of hydrogen-bond acceptors (Lipinski definition) is 9. The molecule has 0 amide bonds. The summed E-state index contributed by atoms with van der Waals surface area (Å²) in [7, 11) is 1.60. The van der Waals surface area contributed by atoms with Gasteiger partial charge in [0.2, 0.25) is 0 Å². The van der Waals surface area contributed by atoms with Crippen LogP contribution in [-0.4, -0.2) is 75.2 Å². The number of nitrogens with zero attached hydrogens (tertiary/aromatic N) is 1. The topological polar surface area (TPSA) is 127 Å². The molecule has 1 aromatic heterocycles. The second-order valence-electron chi connectivity index (χ2n) is 6.06. The Hall–Kier alpha value is -2.47. The average molecular weight is 414 g/mol. The molecule has 0 aliphatic carbocycles. The molecule has 11 heteroatoms. The fourth-order valence-electron chi connectivity index (χ4n) is 2.36. The minimum atomic E-state index is -0.845. The van der Waals surface area contributed by atoms with Crippen LogP contribution in [0.4, 0.5) is 4.79 Å². The minimum absolute atomic E-state index is 0.0486. The molecule has 0 unspecified atom stereocenters. The van der Waals surface area contributed by atoms with E-state index in [0.717, 1.165) is 0 Å². The van der Waals surface area contributed by atoms with E-state index in [1.165, 1.54) is 10.8 Å². The third-order valence-corrected chi connectivity index (χ3v) is 3.84. The molecule has 2 heterocycles. The number of nitrogens with one attached hydrogen (secondary N) is 1. The first-order valence-electron chi connectivity index (χ1n) is 9.11. The number of carbonyl (C=O) groups is 1. The van der Waals surface area contributed by atoms with Crippen LogP contribution in [0.15, 0.2) is 27.9 Å². The van der Waals surface area contributed by atoms with Crippen LogP contribution in [-0.2, 0) is 28.4 Å². The van der Waals surface area contributed by atoms with Crippen molar-refractivity contribution in [2.45, 2.75) is 19.3 Å². The highest BCUT2D eigenvalue weighted by Crippen LogP contribution is 2.19. The van der Waals surface area contributed by atoms with E-state index in [4.69, 9.17) is 28.4 Å². The number of hydrogen-bond donors (Lipinski definition) is 1. The highest BCUT2D eigenvalue weighted by molar-refractivity contribution is 5.59. The number of ether oxygens (including phenoxy) is 6. The van der Waals surface area contributed by atoms with Gasteiger partial charge in [-0.1, -0.05) is 6.08 Å². The summed E-state index contributed by atoms with van der Waals surface area (Å²) in [5.74, 6) is 0. The van der Waals surface area contributed by atoms with Gasteiger partial charge in [0.15, 0.2) is 6.23 Å². The molecule has 11 nitrogen and oxygen atoms in total. The van der Waals surface area contributed by atoms with Gasteiger partial charge in [-0.3, -0.25) is 14.3 Å². The number of aryl methyl sites for hydroxylation is 1. The lowest BCUT2D eigenvalue weighted by Gasteiger charge is -2.16. The molecular weight excluding hydrogens is 388 g/mol. The zero-order chi connectivity index (χ0) is 21.1. The van der Waals surface area contributed by atoms with Gasteiger partial charge < -0.3 is 28.4 Å². The van der Waals surface area contributed by atoms with Crippen molar-refractivity contribution in [2.75, 3.05) is 53.4 Å². The van der Waals surface area contributed by atoms with Crippen molar-refractivity contribution in [3.63, 3.8) is 0 Å². The summed E-state index contributed by atoms with van der Waals surface area (Å²) in [4.78, 5) is 37.1. The molecule has 0 radical (unpaired) electrons. The first-order chi connectivity index (χ1) is 14.0. The van der Waals surface area contributed by atoms with E-state index in [9.17, 15) is 14.4 Å². The molecule has 1 N–H and O–H groups in total. The molecule has 1 aromatic rings. The molecule has 2 rings (SSSR count). The molecular formula is C18H26N2O9. The quantitative estimate of drug-likeness (QED) is 0.288. The van der Waals surface area contributed by atoms with Crippen molar-refractivity contribution < 1.29 is 33.2 Å². The maximum Gasteiger partial charge on any atom is 0.508 e. The fraction of sp³-hybridized carbons (Fsp3) is 0.611. The van der Waals surface area contributed by atoms with Crippen LogP contribution in [0.2, 0.25) is 0 Å². The maximum atomic E-state index is 11.9. The Kier molecular flexibility index (Phi) is 9.57. The van der Waals surface area contributed by atoms with E-state index in [1.54, 1.807) is 26.2 Å². The largest absolute Gasteiger partial charge is 0.508 e. The second-order valence-corrected chi connectivity index (χ2v) is 6.06. The Morgan fingerprint density at radius 1 is 1.07 bits per heavy atom. The van der Waals surface area contributed by atoms with Crippen molar-refractivity contribution in [1.82, 2.24) is 9.55 Å². The maximum absolute atomic E-state index is 11.9. The van der Waals surface area contributed by atoms with Crippen LogP contribution in [0.3, 0.4) is 0 Å². The highest BCUT2D eigenvalue weighted by Gasteiger charge is 2.23. The van der Waals surface area contributed by atoms with Gasteiger partial charge in [-0.15, -0.1) is 0 Å². The fourth-order valence-corrected chi connectivity index (χ4v) is 2.36. The molecule has 0 spiro atoms. The van der Waals surface area contributed by atoms with Gasteiger partial charge in [-0.05, 0) is 13.0 Å². The van der Waals surface area contributed by atoms with Crippen LogP contribution >= 0.6 is 0 Å². The Balaban J connectivity index is 1.58. The lowest BCUT2D eigenvalue weighted by atomic mass is 10.3. The molecule has 0 saturated carbocycles. The molecule has 29 heavy (non-hydrogen) atoms. The standard InChI is InChI=1S/C18H26N2O9/c1-13-11-20(17(22)19-16(13)21)15-4-3-14(29-15)12-28-18(23)27-10-9-26-8-7-25-6-5-24-2/h3-4,11,14-15H,5-10,12H2,1-2H3,(H,19,21,22)/t14-,15+/m0/s1. The predicted molar refractivity (Wildman–Crippen MR) is 99.9 cm³/mol. The summed E-state index contributed by atoms with van der Waals surface area (Å²) < 4.78 is 32.0. The van der Waals surface area contributed by atoms with Crippen LogP contribution < -0.4 is 11.2 Å². The summed E-state index contributed by atoms with van der Waals surface area (Å²) in [5, 5.41) is 0. The van der Waals surface area contributed by atoms with E-state index >= 15 is 0 Å². The van der Waals surface area contributed by atoms with E-state index in [1.807, 2.05) is 0 Å². The number of methoxy groups -OCH3 is 1. The molecule has 1 aliphatic rings. The third kappa shape index (κ3) is 7.81. The highest BCUT2D eigenvalue weighted by atomic mass is 16.7. The van der Waals surface area contributed by atoms with E-state index in [2.05, 4.69) is 4.98 Å². The van der Waals surface area contributed by atoms with Crippen molar-refractivity contribution in [3.05, 3.63) is 44.8 Å². The molecule has 0 bridgehead atoms. The normalized spacial score (nSPS) is 18.1. The Bertz CT molecular complexity index is 786. The van der Waals surface area contributed by atoms with E-state index in [-0.39, 0.29) is 19.8 Å². The predicted octanol–water partition coefficient (Wildman–Crippen LogP) is 0.131. The Labute approximate surface area is 167 Å². The van der Waals surface area contributed by atoms with Crippen molar-refractivity contribution >= 4 is 6.16 Å². The SMILES string of the molecule is COCCOCCOCCOC(=O)OC[C@@H]1C=C[C@H](n2cc(C)c(=O)[nH]c2=O)O1. The van der Waals surface area contributed by atoms with Crippen molar-refractivity contribution in [2.24, 2.45) is 0 Å². The van der Waals surface area contributed by atoms with Crippen molar-refractivity contribution in [1.29, 1.82) is 0 Å². The smallest absolute Gasteiger partial charge is 0.432 e. The zero-order valence-corrected chi connectivity index (χ0v) is 16.5. The Morgan fingerprint density at radius 3 is 2.48 bits per heavy atom. The van der Waals surface area contributed by atoms with Gasteiger partial charge in [0.25, 0.3) is 5.56 Å². The monoisotopic (exact) mass is 414 g/mol. The first-order valence-corrected chi connectivity index (χ1v) is 9.11. The summed E-state index contributed by atoms with van der Waals surface area (Å²) in [6, 6.07) is 0. The summed E-state index contributed by atoms with van der Waals surface area (Å²) >= 11 is 0. The van der Waals surface area contributed by atoms with E-state index in [0.29, 0.717) is 32.0 Å². The number of aromatic nitrogens is 2. The number of H-pyrrole nitrogens is 1. The first kappa shape index (κ1) is 22.8. The van der Waals surface area contributed by atoms with E-state index < -0.39 is 29.7 Å². The van der Waals surface area contributed by atoms with Crippen LogP contribution in [0.25, 0.3) is 0 Å². The van der Waals surface area contributed by atoms with Crippen molar-refractivity contribution in [3.8, 4) is 0 Å². The molecule has 0 fully saturated rings. The molecule has 162 valence electrons. The average Bonchev–Trinajstić information content (AvgIpc) is 3.16. The number of carbonyl (C=O) groups excluding carboxylic acids is 1. The minimum Gasteiger partial charge on any atom is -0.432 e. The van der Waals surface area contributed by atoms with Gasteiger partial charge in [0.05, 0.1) is 33.0 Å². The van der Waals surface area contributed by atoms with Crippen LogP contribution in [0.1, 0.15) is 11.8 Å².